The van der Waals surface area contributed by atoms with Crippen molar-refractivity contribution in [3.63, 3.8) is 0 Å². The summed E-state index contributed by atoms with van der Waals surface area (Å²) in [4.78, 5) is 17.0. The first-order chi connectivity index (χ1) is 19.2. The summed E-state index contributed by atoms with van der Waals surface area (Å²) in [6.07, 6.45) is 13.1. The zero-order valence-corrected chi connectivity index (χ0v) is 22.9. The first-order valence-electron chi connectivity index (χ1n) is 14.2. The van der Waals surface area contributed by atoms with Crippen molar-refractivity contribution in [2.45, 2.75) is 51.6 Å². The summed E-state index contributed by atoms with van der Waals surface area (Å²) in [5.74, 6) is 1.21. The average Bonchev–Trinajstić information content (AvgIpc) is 3.61. The number of nitrogen functional groups attached to an aromatic ring is 1. The zero-order valence-electron chi connectivity index (χ0n) is 22.9. The number of pyridine rings is 2. The van der Waals surface area contributed by atoms with Gasteiger partial charge in [-0.25, -0.2) is 15.0 Å². The lowest BCUT2D eigenvalue weighted by molar-refractivity contribution is 0.182. The third kappa shape index (κ3) is 5.12. The van der Waals surface area contributed by atoms with E-state index in [0.29, 0.717) is 11.4 Å². The van der Waals surface area contributed by atoms with Crippen molar-refractivity contribution in [1.82, 2.24) is 29.7 Å². The van der Waals surface area contributed by atoms with Crippen LogP contribution in [0.5, 0.6) is 0 Å². The number of fused-ring (bicyclic) bond motifs is 1. The van der Waals surface area contributed by atoms with Gasteiger partial charge in [0.1, 0.15) is 11.3 Å². The molecule has 3 aliphatic rings. The molecular weight excluding hydrogens is 482 g/mol. The molecule has 7 rings (SSSR count). The van der Waals surface area contributed by atoms with Crippen LogP contribution in [-0.4, -0.2) is 49.6 Å². The predicted octanol–water partition coefficient (Wildman–Crippen LogP) is 5.76. The fourth-order valence-electron chi connectivity index (χ4n) is 5.62. The van der Waals surface area contributed by atoms with Crippen molar-refractivity contribution in [3.8, 4) is 17.1 Å². The highest BCUT2D eigenvalue weighted by atomic mass is 15.2. The van der Waals surface area contributed by atoms with Gasteiger partial charge in [-0.1, -0.05) is 44.2 Å². The number of piperazine rings is 1. The topological polar surface area (TPSA) is 84.9 Å². The molecule has 200 valence electrons. The number of imidazole rings is 1. The maximum absolute atomic E-state index is 6.31. The van der Waals surface area contributed by atoms with Crippen LogP contribution in [0.25, 0.3) is 33.8 Å². The molecular formula is C32H37N7. The van der Waals surface area contributed by atoms with Gasteiger partial charge in [-0.3, -0.25) is 9.47 Å². The van der Waals surface area contributed by atoms with Crippen LogP contribution in [-0.2, 0) is 6.54 Å². The molecule has 3 aromatic heterocycles. The Morgan fingerprint density at radius 3 is 2.59 bits per heavy atom. The van der Waals surface area contributed by atoms with Crippen molar-refractivity contribution < 1.29 is 0 Å². The second-order valence-electron chi connectivity index (χ2n) is 10.5. The Labute approximate surface area is 230 Å². The first-order valence-corrected chi connectivity index (χ1v) is 14.2. The van der Waals surface area contributed by atoms with E-state index in [1.54, 1.807) is 6.20 Å². The molecule has 1 aromatic carbocycles. The Bertz CT molecular complexity index is 1530. The van der Waals surface area contributed by atoms with Crippen molar-refractivity contribution in [3.05, 3.63) is 84.2 Å². The van der Waals surface area contributed by atoms with Crippen LogP contribution in [0.3, 0.4) is 0 Å². The van der Waals surface area contributed by atoms with Gasteiger partial charge in [-0.2, -0.15) is 0 Å². The molecule has 0 unspecified atom stereocenters. The smallest absolute Gasteiger partial charge is 0.165 e. The van der Waals surface area contributed by atoms with Crippen LogP contribution in [0.2, 0.25) is 0 Å². The number of nitrogens with zero attached hydrogens (tertiary/aromatic N) is 5. The predicted molar refractivity (Wildman–Crippen MR) is 159 cm³/mol. The molecule has 2 aliphatic carbocycles. The molecule has 4 aromatic rings. The van der Waals surface area contributed by atoms with Gasteiger partial charge < -0.3 is 11.1 Å². The minimum atomic E-state index is 0.388. The molecule has 1 saturated carbocycles. The van der Waals surface area contributed by atoms with E-state index in [4.69, 9.17) is 15.7 Å². The Kier molecular flexibility index (Phi) is 7.02. The van der Waals surface area contributed by atoms with E-state index in [9.17, 15) is 0 Å². The molecule has 7 nitrogen and oxygen atoms in total. The SMILES string of the molecule is CC.Nc1ncccc1-c1nc2ccc(C3=CCCC=C3)nc2n1-c1ccc(CN2CCNC3(CC3)C2)cc1. The van der Waals surface area contributed by atoms with E-state index in [1.165, 1.54) is 18.4 Å². The molecule has 1 aliphatic heterocycles. The van der Waals surface area contributed by atoms with Crippen LogP contribution in [0.4, 0.5) is 5.82 Å². The summed E-state index contributed by atoms with van der Waals surface area (Å²) in [6, 6.07) is 16.8. The van der Waals surface area contributed by atoms with E-state index in [0.717, 1.165) is 78.5 Å². The minimum Gasteiger partial charge on any atom is -0.383 e. The summed E-state index contributed by atoms with van der Waals surface area (Å²) in [7, 11) is 0. The maximum atomic E-state index is 6.31. The number of benzene rings is 1. The van der Waals surface area contributed by atoms with Crippen LogP contribution in [0.1, 0.15) is 50.8 Å². The summed E-state index contributed by atoms with van der Waals surface area (Å²) >= 11 is 0. The van der Waals surface area contributed by atoms with Gasteiger partial charge in [-0.15, -0.1) is 0 Å². The Hall–Kier alpha value is -3.81. The number of anilines is 1. The molecule has 0 radical (unpaired) electrons. The third-order valence-electron chi connectivity index (χ3n) is 7.78. The number of allylic oxidation sites excluding steroid dienone is 4. The Morgan fingerprint density at radius 2 is 1.85 bits per heavy atom. The van der Waals surface area contributed by atoms with Crippen molar-refractivity contribution in [1.29, 1.82) is 0 Å². The molecule has 0 atom stereocenters. The lowest BCUT2D eigenvalue weighted by Crippen LogP contribution is -2.51. The highest BCUT2D eigenvalue weighted by molar-refractivity contribution is 5.85. The molecule has 7 heteroatoms. The number of nitrogens with two attached hydrogens (primary N) is 1. The van der Waals surface area contributed by atoms with Gasteiger partial charge in [-0.05, 0) is 73.2 Å². The molecule has 0 amide bonds. The quantitative estimate of drug-likeness (QED) is 0.349. The Balaban J connectivity index is 0.00000135. The molecule has 3 N–H and O–H groups in total. The zero-order chi connectivity index (χ0) is 26.8. The van der Waals surface area contributed by atoms with Gasteiger partial charge in [0.25, 0.3) is 0 Å². The average molecular weight is 520 g/mol. The summed E-state index contributed by atoms with van der Waals surface area (Å²) in [5, 5.41) is 3.70. The van der Waals surface area contributed by atoms with Crippen molar-refractivity contribution in [2.24, 2.45) is 0 Å². The van der Waals surface area contributed by atoms with Gasteiger partial charge in [0.2, 0.25) is 0 Å². The fourth-order valence-corrected chi connectivity index (χ4v) is 5.62. The normalized spacial score (nSPS) is 18.1. The minimum absolute atomic E-state index is 0.388. The van der Waals surface area contributed by atoms with Crippen LogP contribution < -0.4 is 11.1 Å². The number of aromatic nitrogens is 4. The Morgan fingerprint density at radius 1 is 1.00 bits per heavy atom. The number of nitrogens with one attached hydrogen (secondary N) is 1. The monoisotopic (exact) mass is 519 g/mol. The van der Waals surface area contributed by atoms with Gasteiger partial charge in [0.15, 0.2) is 11.5 Å². The molecule has 1 spiro atoms. The van der Waals surface area contributed by atoms with Gasteiger partial charge >= 0.3 is 0 Å². The summed E-state index contributed by atoms with van der Waals surface area (Å²) in [6.45, 7) is 8.29. The number of hydrogen-bond acceptors (Lipinski definition) is 6. The van der Waals surface area contributed by atoms with Crippen LogP contribution in [0, 0.1) is 0 Å². The first kappa shape index (κ1) is 25.5. The highest BCUT2D eigenvalue weighted by Gasteiger charge is 2.45. The largest absolute Gasteiger partial charge is 0.383 e. The summed E-state index contributed by atoms with van der Waals surface area (Å²) in [5.41, 5.74) is 13.6. The standard InChI is InChI=1S/C30H31N7.C2H6/c31-27-24(7-4-16-32-27)28-35-26-13-12-25(22-5-2-1-3-6-22)34-29(26)37(28)23-10-8-21(9-11-23)19-36-18-17-33-30(20-36)14-15-30;1-2/h2,4-13,16,33H,1,3,14-15,17-20H2,(H2,31,32);1-2H3. The lowest BCUT2D eigenvalue weighted by atomic mass is 10.0. The van der Waals surface area contributed by atoms with E-state index in [1.807, 2.05) is 26.0 Å². The highest BCUT2D eigenvalue weighted by Crippen LogP contribution is 2.38. The lowest BCUT2D eigenvalue weighted by Gasteiger charge is -2.34. The molecule has 0 bridgehead atoms. The van der Waals surface area contributed by atoms with E-state index >= 15 is 0 Å². The summed E-state index contributed by atoms with van der Waals surface area (Å²) < 4.78 is 2.12. The van der Waals surface area contributed by atoms with Gasteiger partial charge in [0, 0.05) is 43.6 Å². The van der Waals surface area contributed by atoms with Gasteiger partial charge in [0.05, 0.1) is 11.3 Å². The molecule has 4 heterocycles. The molecule has 39 heavy (non-hydrogen) atoms. The maximum Gasteiger partial charge on any atom is 0.165 e. The fraction of sp³-hybridized carbons (Fsp3) is 0.344. The van der Waals surface area contributed by atoms with Crippen molar-refractivity contribution in [2.75, 3.05) is 25.4 Å². The van der Waals surface area contributed by atoms with Crippen molar-refractivity contribution >= 4 is 22.6 Å². The third-order valence-corrected chi connectivity index (χ3v) is 7.78. The van der Waals surface area contributed by atoms with E-state index in [2.05, 4.69) is 74.4 Å². The van der Waals surface area contributed by atoms with Crippen LogP contribution in [0.15, 0.2) is 73.0 Å². The van der Waals surface area contributed by atoms with E-state index < -0.39 is 0 Å². The second-order valence-corrected chi connectivity index (χ2v) is 10.5. The van der Waals surface area contributed by atoms with Crippen LogP contribution >= 0.6 is 0 Å². The number of rotatable bonds is 5. The molecule has 1 saturated heterocycles. The number of hydrogen-bond donors (Lipinski definition) is 2. The van der Waals surface area contributed by atoms with E-state index in [-0.39, 0.29) is 0 Å². The molecule has 2 fully saturated rings. The second kappa shape index (κ2) is 10.8.